The van der Waals surface area contributed by atoms with Gasteiger partial charge in [-0.15, -0.1) is 6.58 Å². The molecule has 6 nitrogen and oxygen atoms in total. The van der Waals surface area contributed by atoms with Crippen LogP contribution in [0.2, 0.25) is 0 Å². The SMILES string of the molecule is C=CCON(CC)C(=O)N=C(N)CCC(C)O. The number of carbonyl (C=O) groups excluding carboxylic acids is 1. The molecule has 3 N–H and O–H groups in total. The van der Waals surface area contributed by atoms with Crippen molar-refractivity contribution < 1.29 is 14.7 Å². The molecule has 0 bridgehead atoms. The number of aliphatic hydroxyl groups is 1. The number of amidine groups is 1. The summed E-state index contributed by atoms with van der Waals surface area (Å²) in [5.41, 5.74) is 5.56. The second kappa shape index (κ2) is 8.72. The topological polar surface area (TPSA) is 88.2 Å². The van der Waals surface area contributed by atoms with E-state index in [1.807, 2.05) is 0 Å². The number of nitrogens with two attached hydrogens (primary N) is 1. The Labute approximate surface area is 102 Å². The minimum absolute atomic E-state index is 0.191. The Hall–Kier alpha value is -1.40. The molecular weight excluding hydrogens is 222 g/mol. The fourth-order valence-corrected chi connectivity index (χ4v) is 1.02. The molecule has 0 fully saturated rings. The van der Waals surface area contributed by atoms with E-state index < -0.39 is 12.1 Å². The van der Waals surface area contributed by atoms with Gasteiger partial charge in [-0.2, -0.15) is 4.99 Å². The van der Waals surface area contributed by atoms with E-state index in [0.717, 1.165) is 5.06 Å². The molecule has 0 rings (SSSR count). The van der Waals surface area contributed by atoms with E-state index in [1.54, 1.807) is 13.8 Å². The Morgan fingerprint density at radius 2 is 2.35 bits per heavy atom. The highest BCUT2D eigenvalue weighted by Crippen LogP contribution is 1.99. The van der Waals surface area contributed by atoms with Crippen LogP contribution in [0.4, 0.5) is 4.79 Å². The summed E-state index contributed by atoms with van der Waals surface area (Å²) in [6.07, 6.45) is 1.93. The highest BCUT2D eigenvalue weighted by atomic mass is 16.7. The molecule has 0 spiro atoms. The first-order valence-electron chi connectivity index (χ1n) is 5.57. The smallest absolute Gasteiger partial charge is 0.369 e. The molecule has 0 heterocycles. The van der Waals surface area contributed by atoms with Gasteiger partial charge in [0.2, 0.25) is 0 Å². The Balaban J connectivity index is 4.26. The highest BCUT2D eigenvalue weighted by molar-refractivity contribution is 5.92. The van der Waals surface area contributed by atoms with Gasteiger partial charge in [0, 0.05) is 13.0 Å². The van der Waals surface area contributed by atoms with Gasteiger partial charge in [0.15, 0.2) is 0 Å². The summed E-state index contributed by atoms with van der Waals surface area (Å²) in [6, 6.07) is -0.544. The Bertz CT molecular complexity index is 277. The second-order valence-corrected chi connectivity index (χ2v) is 3.55. The molecule has 0 radical (unpaired) electrons. The highest BCUT2D eigenvalue weighted by Gasteiger charge is 2.11. The molecule has 0 aliphatic heterocycles. The Kier molecular flexibility index (Phi) is 8.00. The lowest BCUT2D eigenvalue weighted by Gasteiger charge is -2.16. The second-order valence-electron chi connectivity index (χ2n) is 3.55. The summed E-state index contributed by atoms with van der Waals surface area (Å²) in [4.78, 5) is 20.3. The van der Waals surface area contributed by atoms with Gasteiger partial charge in [-0.1, -0.05) is 6.08 Å². The molecule has 0 aromatic carbocycles. The maximum absolute atomic E-state index is 11.6. The number of hydrogen-bond acceptors (Lipinski definition) is 3. The normalized spacial score (nSPS) is 13.2. The zero-order valence-corrected chi connectivity index (χ0v) is 10.4. The molecule has 98 valence electrons. The van der Waals surface area contributed by atoms with Crippen molar-refractivity contribution in [3.8, 4) is 0 Å². The quantitative estimate of drug-likeness (QED) is 0.303. The summed E-state index contributed by atoms with van der Waals surface area (Å²) >= 11 is 0. The molecule has 1 atom stereocenters. The number of aliphatic hydroxyl groups excluding tert-OH is 1. The number of rotatable bonds is 7. The number of aliphatic imine (C=N–C) groups is 1. The van der Waals surface area contributed by atoms with E-state index in [1.165, 1.54) is 6.08 Å². The third-order valence-corrected chi connectivity index (χ3v) is 1.91. The number of urea groups is 1. The fourth-order valence-electron chi connectivity index (χ4n) is 1.02. The largest absolute Gasteiger partial charge is 0.393 e. The molecule has 0 saturated heterocycles. The van der Waals surface area contributed by atoms with Crippen LogP contribution >= 0.6 is 0 Å². The van der Waals surface area contributed by atoms with Gasteiger partial charge in [0.25, 0.3) is 0 Å². The summed E-state index contributed by atoms with van der Waals surface area (Å²) in [7, 11) is 0. The van der Waals surface area contributed by atoms with Gasteiger partial charge >= 0.3 is 6.03 Å². The number of hydroxylamine groups is 2. The minimum atomic E-state index is -0.544. The predicted octanol–water partition coefficient (Wildman–Crippen LogP) is 1.06. The van der Waals surface area contributed by atoms with Gasteiger partial charge in [0.1, 0.15) is 5.84 Å². The van der Waals surface area contributed by atoms with Crippen LogP contribution in [0.3, 0.4) is 0 Å². The van der Waals surface area contributed by atoms with Gasteiger partial charge in [-0.25, -0.2) is 9.86 Å². The average Bonchev–Trinajstić information content (AvgIpc) is 2.27. The zero-order valence-electron chi connectivity index (χ0n) is 10.4. The van der Waals surface area contributed by atoms with Crippen LogP contribution in [0.1, 0.15) is 26.7 Å². The van der Waals surface area contributed by atoms with E-state index in [0.29, 0.717) is 19.4 Å². The minimum Gasteiger partial charge on any atom is -0.393 e. The van der Waals surface area contributed by atoms with Gasteiger partial charge in [0.05, 0.1) is 12.7 Å². The fraction of sp³-hybridized carbons (Fsp3) is 0.636. The van der Waals surface area contributed by atoms with Crippen molar-refractivity contribution in [1.29, 1.82) is 0 Å². The first-order chi connectivity index (χ1) is 8.01. The standard InChI is InChI=1S/C11H21N3O3/c1-4-8-17-14(5-2)11(16)13-10(12)7-6-9(3)15/h4,9,15H,1,5-8H2,2-3H3,(H2,12,13,16). The maximum atomic E-state index is 11.6. The van der Waals surface area contributed by atoms with Crippen LogP contribution in [0.25, 0.3) is 0 Å². The van der Waals surface area contributed by atoms with Crippen molar-refractivity contribution in [1.82, 2.24) is 5.06 Å². The number of nitrogens with zero attached hydrogens (tertiary/aromatic N) is 2. The van der Waals surface area contributed by atoms with Crippen molar-refractivity contribution in [3.63, 3.8) is 0 Å². The monoisotopic (exact) mass is 243 g/mol. The summed E-state index contributed by atoms with van der Waals surface area (Å²) < 4.78 is 0. The lowest BCUT2D eigenvalue weighted by molar-refractivity contribution is -0.0981. The van der Waals surface area contributed by atoms with Crippen LogP contribution in [-0.2, 0) is 4.84 Å². The Morgan fingerprint density at radius 3 is 2.82 bits per heavy atom. The third kappa shape index (κ3) is 7.48. The van der Waals surface area contributed by atoms with Crippen LogP contribution in [0, 0.1) is 0 Å². The molecule has 0 aromatic rings. The van der Waals surface area contributed by atoms with Crippen LogP contribution in [-0.4, -0.2) is 41.3 Å². The van der Waals surface area contributed by atoms with Crippen molar-refractivity contribution in [2.24, 2.45) is 10.7 Å². The average molecular weight is 243 g/mol. The van der Waals surface area contributed by atoms with Crippen LogP contribution in [0.15, 0.2) is 17.6 Å². The first-order valence-corrected chi connectivity index (χ1v) is 5.57. The van der Waals surface area contributed by atoms with Crippen molar-refractivity contribution in [3.05, 3.63) is 12.7 Å². The summed E-state index contributed by atoms with van der Waals surface area (Å²) in [5.74, 6) is 0.191. The first kappa shape index (κ1) is 15.6. The molecular formula is C11H21N3O3. The third-order valence-electron chi connectivity index (χ3n) is 1.91. The summed E-state index contributed by atoms with van der Waals surface area (Å²) in [6.45, 7) is 7.52. The molecule has 0 aliphatic carbocycles. The van der Waals surface area contributed by atoms with Gasteiger partial charge in [-0.3, -0.25) is 4.84 Å². The van der Waals surface area contributed by atoms with Crippen LogP contribution in [0.5, 0.6) is 0 Å². The predicted molar refractivity (Wildman–Crippen MR) is 66.5 cm³/mol. The maximum Gasteiger partial charge on any atom is 0.369 e. The molecule has 0 aliphatic rings. The molecule has 1 unspecified atom stereocenters. The van der Waals surface area contributed by atoms with Crippen LogP contribution < -0.4 is 5.73 Å². The van der Waals surface area contributed by atoms with E-state index >= 15 is 0 Å². The Morgan fingerprint density at radius 1 is 1.71 bits per heavy atom. The molecule has 0 aromatic heterocycles. The van der Waals surface area contributed by atoms with E-state index in [-0.39, 0.29) is 12.4 Å². The van der Waals surface area contributed by atoms with Crippen molar-refractivity contribution >= 4 is 11.9 Å². The molecule has 2 amide bonds. The van der Waals surface area contributed by atoms with E-state index in [2.05, 4.69) is 11.6 Å². The molecule has 6 heteroatoms. The number of hydrogen-bond donors (Lipinski definition) is 2. The van der Waals surface area contributed by atoms with Gasteiger partial charge in [-0.05, 0) is 20.3 Å². The lowest BCUT2D eigenvalue weighted by Crippen LogP contribution is -2.30. The van der Waals surface area contributed by atoms with Crippen molar-refractivity contribution in [2.45, 2.75) is 32.8 Å². The summed E-state index contributed by atoms with van der Waals surface area (Å²) in [5, 5.41) is 10.2. The lowest BCUT2D eigenvalue weighted by atomic mass is 10.2. The zero-order chi connectivity index (χ0) is 13.3. The molecule has 17 heavy (non-hydrogen) atoms. The van der Waals surface area contributed by atoms with Gasteiger partial charge < -0.3 is 10.8 Å². The number of amides is 2. The van der Waals surface area contributed by atoms with Crippen molar-refractivity contribution in [2.75, 3.05) is 13.2 Å². The number of carbonyl (C=O) groups is 1. The van der Waals surface area contributed by atoms with E-state index in [4.69, 9.17) is 15.7 Å². The van der Waals surface area contributed by atoms with E-state index in [9.17, 15) is 4.79 Å². The molecule has 0 saturated carbocycles.